The van der Waals surface area contributed by atoms with Crippen LogP contribution in [0.15, 0.2) is 0 Å². The van der Waals surface area contributed by atoms with Gasteiger partial charge in [0.1, 0.15) is 0 Å². The maximum Gasteiger partial charge on any atom is 0.225 e. The molecule has 108 valence electrons. The SMILES string of the molecule is CCC(C(N)=S)N1CCN(C(=O)C(C)C2CC2)CC1. The van der Waals surface area contributed by atoms with Crippen molar-refractivity contribution < 1.29 is 4.79 Å². The Morgan fingerprint density at radius 3 is 2.32 bits per heavy atom. The van der Waals surface area contributed by atoms with Gasteiger partial charge in [0.25, 0.3) is 0 Å². The fourth-order valence-corrected chi connectivity index (χ4v) is 3.29. The summed E-state index contributed by atoms with van der Waals surface area (Å²) in [6.07, 6.45) is 3.40. The van der Waals surface area contributed by atoms with Crippen molar-refractivity contribution >= 4 is 23.1 Å². The first-order valence-electron chi connectivity index (χ1n) is 7.36. The second-order valence-electron chi connectivity index (χ2n) is 5.81. The molecule has 2 aliphatic rings. The van der Waals surface area contributed by atoms with E-state index in [1.54, 1.807) is 0 Å². The fraction of sp³-hybridized carbons (Fsp3) is 0.857. The van der Waals surface area contributed by atoms with Crippen LogP contribution in [-0.2, 0) is 4.79 Å². The van der Waals surface area contributed by atoms with E-state index in [9.17, 15) is 4.79 Å². The zero-order valence-corrected chi connectivity index (χ0v) is 12.8. The highest BCUT2D eigenvalue weighted by Crippen LogP contribution is 2.37. The molecular formula is C14H25N3OS. The molecule has 2 fully saturated rings. The minimum absolute atomic E-state index is 0.188. The Hall–Kier alpha value is -0.680. The van der Waals surface area contributed by atoms with Crippen LogP contribution in [0.3, 0.4) is 0 Å². The molecule has 1 aliphatic heterocycles. The molecule has 0 aromatic rings. The van der Waals surface area contributed by atoms with Gasteiger partial charge in [-0.1, -0.05) is 26.1 Å². The molecule has 2 N–H and O–H groups in total. The van der Waals surface area contributed by atoms with Gasteiger partial charge in [-0.3, -0.25) is 9.69 Å². The molecule has 1 saturated heterocycles. The van der Waals surface area contributed by atoms with Crippen LogP contribution >= 0.6 is 12.2 Å². The Kier molecular flexibility index (Phi) is 4.79. The van der Waals surface area contributed by atoms with Crippen LogP contribution in [0, 0.1) is 11.8 Å². The van der Waals surface area contributed by atoms with Crippen LogP contribution in [0.5, 0.6) is 0 Å². The van der Waals surface area contributed by atoms with Crippen LogP contribution in [0.4, 0.5) is 0 Å². The van der Waals surface area contributed by atoms with E-state index >= 15 is 0 Å². The third-order valence-electron chi connectivity index (χ3n) is 4.50. The summed E-state index contributed by atoms with van der Waals surface area (Å²) >= 11 is 5.12. The Balaban J connectivity index is 1.84. The normalized spacial score (nSPS) is 24.0. The summed E-state index contributed by atoms with van der Waals surface area (Å²) in [4.78, 5) is 17.2. The first-order chi connectivity index (χ1) is 9.04. The summed E-state index contributed by atoms with van der Waals surface area (Å²) in [5.74, 6) is 1.19. The van der Waals surface area contributed by atoms with E-state index in [1.165, 1.54) is 12.8 Å². The number of amides is 1. The summed E-state index contributed by atoms with van der Waals surface area (Å²) in [6, 6.07) is 0.188. The highest BCUT2D eigenvalue weighted by atomic mass is 32.1. The van der Waals surface area contributed by atoms with Gasteiger partial charge in [-0.15, -0.1) is 0 Å². The number of rotatable bonds is 5. The lowest BCUT2D eigenvalue weighted by molar-refractivity contribution is -0.137. The number of hydrogen-bond donors (Lipinski definition) is 1. The van der Waals surface area contributed by atoms with Crippen molar-refractivity contribution in [2.45, 2.75) is 39.2 Å². The molecule has 0 spiro atoms. The van der Waals surface area contributed by atoms with E-state index in [4.69, 9.17) is 18.0 Å². The van der Waals surface area contributed by atoms with Crippen molar-refractivity contribution in [3.8, 4) is 0 Å². The maximum atomic E-state index is 12.3. The predicted octanol–water partition coefficient (Wildman–Crippen LogP) is 1.24. The molecule has 5 heteroatoms. The van der Waals surface area contributed by atoms with Gasteiger partial charge in [-0.05, 0) is 25.2 Å². The lowest BCUT2D eigenvalue weighted by atomic mass is 10.0. The molecule has 1 saturated carbocycles. The molecule has 1 aliphatic carbocycles. The Labute approximate surface area is 121 Å². The Morgan fingerprint density at radius 1 is 1.32 bits per heavy atom. The van der Waals surface area contributed by atoms with Crippen molar-refractivity contribution in [3.63, 3.8) is 0 Å². The van der Waals surface area contributed by atoms with Gasteiger partial charge in [-0.2, -0.15) is 0 Å². The number of piperazine rings is 1. The molecular weight excluding hydrogens is 258 g/mol. The monoisotopic (exact) mass is 283 g/mol. The van der Waals surface area contributed by atoms with E-state index in [-0.39, 0.29) is 12.0 Å². The zero-order valence-electron chi connectivity index (χ0n) is 12.0. The van der Waals surface area contributed by atoms with Gasteiger partial charge in [-0.25, -0.2) is 0 Å². The molecule has 2 unspecified atom stereocenters. The minimum Gasteiger partial charge on any atom is -0.392 e. The standard InChI is InChI=1S/C14H25N3OS/c1-3-12(13(15)19)16-6-8-17(9-7-16)14(18)10(2)11-4-5-11/h10-12H,3-9H2,1-2H3,(H2,15,19). The summed E-state index contributed by atoms with van der Waals surface area (Å²) in [5.41, 5.74) is 5.78. The van der Waals surface area contributed by atoms with Gasteiger partial charge in [0.2, 0.25) is 5.91 Å². The maximum absolute atomic E-state index is 12.3. The van der Waals surface area contributed by atoms with E-state index in [2.05, 4.69) is 18.7 Å². The van der Waals surface area contributed by atoms with Gasteiger partial charge >= 0.3 is 0 Å². The van der Waals surface area contributed by atoms with Crippen molar-refractivity contribution in [2.75, 3.05) is 26.2 Å². The number of hydrogen-bond acceptors (Lipinski definition) is 3. The number of carbonyl (C=O) groups is 1. The smallest absolute Gasteiger partial charge is 0.225 e. The van der Waals surface area contributed by atoms with Gasteiger partial charge in [0.15, 0.2) is 0 Å². The first kappa shape index (κ1) is 14.7. The minimum atomic E-state index is 0.188. The lowest BCUT2D eigenvalue weighted by Crippen LogP contribution is -2.55. The van der Waals surface area contributed by atoms with Crippen LogP contribution < -0.4 is 5.73 Å². The lowest BCUT2D eigenvalue weighted by Gasteiger charge is -2.39. The highest BCUT2D eigenvalue weighted by molar-refractivity contribution is 7.80. The molecule has 1 heterocycles. The number of thiocarbonyl (C=S) groups is 1. The van der Waals surface area contributed by atoms with Gasteiger partial charge in [0, 0.05) is 32.1 Å². The second-order valence-corrected chi connectivity index (χ2v) is 6.29. The topological polar surface area (TPSA) is 49.6 Å². The number of nitrogens with two attached hydrogens (primary N) is 1. The average molecular weight is 283 g/mol. The highest BCUT2D eigenvalue weighted by Gasteiger charge is 2.36. The van der Waals surface area contributed by atoms with E-state index in [0.29, 0.717) is 16.8 Å². The van der Waals surface area contributed by atoms with E-state index in [1.807, 2.05) is 4.90 Å². The predicted molar refractivity (Wildman–Crippen MR) is 80.9 cm³/mol. The molecule has 2 atom stereocenters. The Morgan fingerprint density at radius 2 is 1.89 bits per heavy atom. The Bertz CT molecular complexity index is 349. The van der Waals surface area contributed by atoms with Crippen LogP contribution in [0.25, 0.3) is 0 Å². The third-order valence-corrected chi connectivity index (χ3v) is 4.77. The van der Waals surface area contributed by atoms with E-state index in [0.717, 1.165) is 32.6 Å². The molecule has 4 nitrogen and oxygen atoms in total. The van der Waals surface area contributed by atoms with Crippen LogP contribution in [0.1, 0.15) is 33.1 Å². The molecule has 0 aromatic heterocycles. The largest absolute Gasteiger partial charge is 0.392 e. The van der Waals surface area contributed by atoms with Crippen molar-refractivity contribution in [3.05, 3.63) is 0 Å². The van der Waals surface area contributed by atoms with Gasteiger partial charge < -0.3 is 10.6 Å². The van der Waals surface area contributed by atoms with Crippen LogP contribution in [0.2, 0.25) is 0 Å². The summed E-state index contributed by atoms with van der Waals surface area (Å²) in [7, 11) is 0. The average Bonchev–Trinajstić information content (AvgIpc) is 3.22. The molecule has 0 bridgehead atoms. The zero-order chi connectivity index (χ0) is 14.0. The number of nitrogens with zero attached hydrogens (tertiary/aromatic N) is 2. The van der Waals surface area contributed by atoms with Crippen molar-refractivity contribution in [1.29, 1.82) is 0 Å². The van der Waals surface area contributed by atoms with Crippen molar-refractivity contribution in [1.82, 2.24) is 9.80 Å². The molecule has 1 amide bonds. The molecule has 19 heavy (non-hydrogen) atoms. The summed E-state index contributed by atoms with van der Waals surface area (Å²) in [5, 5.41) is 0. The first-order valence-corrected chi connectivity index (χ1v) is 7.77. The molecule has 2 rings (SSSR count). The molecule has 0 radical (unpaired) electrons. The molecule has 0 aromatic carbocycles. The second kappa shape index (κ2) is 6.18. The number of carbonyl (C=O) groups excluding carboxylic acids is 1. The van der Waals surface area contributed by atoms with Crippen LogP contribution in [-0.4, -0.2) is 52.9 Å². The third kappa shape index (κ3) is 3.45. The quantitative estimate of drug-likeness (QED) is 0.771. The fourth-order valence-electron chi connectivity index (χ4n) is 2.98. The summed E-state index contributed by atoms with van der Waals surface area (Å²) < 4.78 is 0. The van der Waals surface area contributed by atoms with Gasteiger partial charge in [0.05, 0.1) is 11.0 Å². The summed E-state index contributed by atoms with van der Waals surface area (Å²) in [6.45, 7) is 7.59. The van der Waals surface area contributed by atoms with Crippen molar-refractivity contribution in [2.24, 2.45) is 17.6 Å². The van der Waals surface area contributed by atoms with E-state index < -0.39 is 0 Å².